The highest BCUT2D eigenvalue weighted by molar-refractivity contribution is 6.34. The number of para-hydroxylation sites is 1. The van der Waals surface area contributed by atoms with Crippen molar-refractivity contribution in [1.29, 1.82) is 0 Å². The largest absolute Gasteiger partial charge is 0.481 e. The number of halogens is 5. The summed E-state index contributed by atoms with van der Waals surface area (Å²) in [4.78, 5) is 43.6. The number of piperazine rings is 1. The Morgan fingerprint density at radius 3 is 2.43 bits per heavy atom. The zero-order chi connectivity index (χ0) is 36.4. The van der Waals surface area contributed by atoms with Gasteiger partial charge in [0.25, 0.3) is 5.91 Å². The summed E-state index contributed by atoms with van der Waals surface area (Å²) in [5, 5.41) is 12.8. The minimum Gasteiger partial charge on any atom is -0.481 e. The smallest absolute Gasteiger partial charge is 0.401 e. The molecule has 3 heterocycles. The van der Waals surface area contributed by atoms with Crippen LogP contribution in [0.1, 0.15) is 48.0 Å². The normalized spacial score (nSPS) is 23.5. The number of carboxylic acids is 1. The molecule has 3 fully saturated rings. The summed E-state index contributed by atoms with van der Waals surface area (Å²) in [6.45, 7) is 0.914. The number of nitrogens with zero attached hydrogens (tertiary/aromatic N) is 4. The van der Waals surface area contributed by atoms with E-state index in [2.05, 4.69) is 10.2 Å². The fourth-order valence-corrected chi connectivity index (χ4v) is 7.91. The summed E-state index contributed by atoms with van der Waals surface area (Å²) in [5.41, 5.74) is 1.38. The highest BCUT2D eigenvalue weighted by Crippen LogP contribution is 2.32. The molecular formula is C36H42ClF4N5O5. The number of hydrogen-bond acceptors (Lipinski definition) is 6. The summed E-state index contributed by atoms with van der Waals surface area (Å²) < 4.78 is 62.5. The SMILES string of the molecule is Cn1cc(C(=O)Nc2cc(F)c(CC(=O)N3C[C@@H](N4CCN(CC(F)(F)F)CC4)C[C@H]3CO[C@H]3CC[C@H](C(=O)O)CC3)cc2Cl)c2ccccc21. The van der Waals surface area contributed by atoms with Crippen LogP contribution in [-0.4, -0.2) is 112 Å². The average Bonchev–Trinajstić information content (AvgIpc) is 3.67. The van der Waals surface area contributed by atoms with E-state index in [0.29, 0.717) is 57.3 Å². The standard InChI is InChI=1S/C36H42ClF4N5O5/c1-43-19-28(27-4-2-3-5-32(27)43)34(48)42-31-17-30(38)23(14-29(31)37)15-33(47)46-18-24(45-12-10-44(11-13-45)21-36(39,40)41)16-25(46)20-51-26-8-6-22(7-9-26)35(49)50/h2-5,14,17,19,22,24-26H,6-13,15-16,18,20-21H2,1H3,(H,42,48)(H,49,50)/t22-,24-,25-,26-/m0/s1. The van der Waals surface area contributed by atoms with E-state index in [4.69, 9.17) is 16.3 Å². The lowest BCUT2D eigenvalue weighted by Gasteiger charge is -2.38. The van der Waals surface area contributed by atoms with Gasteiger partial charge in [-0.2, -0.15) is 13.2 Å². The van der Waals surface area contributed by atoms with E-state index in [-0.39, 0.29) is 66.5 Å². The third-order valence-corrected chi connectivity index (χ3v) is 10.8. The van der Waals surface area contributed by atoms with Gasteiger partial charge in [0.15, 0.2) is 0 Å². The van der Waals surface area contributed by atoms with Crippen molar-refractivity contribution in [3.8, 4) is 0 Å². The van der Waals surface area contributed by atoms with Crippen molar-refractivity contribution in [2.24, 2.45) is 13.0 Å². The molecule has 2 saturated heterocycles. The fourth-order valence-electron chi connectivity index (χ4n) is 7.68. The Morgan fingerprint density at radius 2 is 1.75 bits per heavy atom. The fraction of sp³-hybridized carbons (Fsp3) is 0.528. The Kier molecular flexibility index (Phi) is 11.2. The van der Waals surface area contributed by atoms with Crippen molar-refractivity contribution >= 4 is 46.0 Å². The highest BCUT2D eigenvalue weighted by atomic mass is 35.5. The number of ether oxygens (including phenoxy) is 1. The van der Waals surface area contributed by atoms with Crippen molar-refractivity contribution in [3.05, 3.63) is 64.6 Å². The molecule has 10 nitrogen and oxygen atoms in total. The number of aliphatic carboxylic acids is 1. The first-order valence-corrected chi connectivity index (χ1v) is 17.6. The van der Waals surface area contributed by atoms with E-state index in [0.717, 1.165) is 17.0 Å². The molecule has 6 rings (SSSR count). The number of carbonyl (C=O) groups excluding carboxylic acids is 2. The predicted molar refractivity (Wildman–Crippen MR) is 183 cm³/mol. The van der Waals surface area contributed by atoms with Gasteiger partial charge in [-0.3, -0.25) is 24.2 Å². The number of nitrogens with one attached hydrogen (secondary N) is 1. The van der Waals surface area contributed by atoms with Crippen LogP contribution in [-0.2, 0) is 27.8 Å². The molecule has 2 aromatic carbocycles. The Balaban J connectivity index is 1.12. The van der Waals surface area contributed by atoms with E-state index in [1.165, 1.54) is 11.0 Å². The van der Waals surface area contributed by atoms with Crippen LogP contribution in [0.15, 0.2) is 42.6 Å². The summed E-state index contributed by atoms with van der Waals surface area (Å²) in [5.74, 6) is -2.72. The molecule has 2 atom stereocenters. The van der Waals surface area contributed by atoms with Gasteiger partial charge in [0.2, 0.25) is 5.91 Å². The molecule has 2 amide bonds. The number of carboxylic acid groups (broad SMARTS) is 1. The second-order valence-corrected chi connectivity index (χ2v) is 14.3. The first-order chi connectivity index (χ1) is 24.3. The van der Waals surface area contributed by atoms with Crippen LogP contribution in [0, 0.1) is 11.7 Å². The number of alkyl halides is 3. The number of carbonyl (C=O) groups is 3. The zero-order valence-corrected chi connectivity index (χ0v) is 29.1. The van der Waals surface area contributed by atoms with Gasteiger partial charge in [-0.25, -0.2) is 4.39 Å². The summed E-state index contributed by atoms with van der Waals surface area (Å²) >= 11 is 6.52. The zero-order valence-electron chi connectivity index (χ0n) is 28.3. The molecule has 0 unspecified atom stereocenters. The van der Waals surface area contributed by atoms with Crippen molar-refractivity contribution in [3.63, 3.8) is 0 Å². The monoisotopic (exact) mass is 735 g/mol. The van der Waals surface area contributed by atoms with Gasteiger partial charge in [-0.05, 0) is 55.9 Å². The average molecular weight is 736 g/mol. The molecule has 0 spiro atoms. The van der Waals surface area contributed by atoms with Gasteiger partial charge >= 0.3 is 12.1 Å². The molecule has 276 valence electrons. The van der Waals surface area contributed by atoms with Crippen LogP contribution >= 0.6 is 11.6 Å². The maximum absolute atomic E-state index is 15.5. The molecule has 15 heteroatoms. The number of aryl methyl sites for hydroxylation is 1. The van der Waals surface area contributed by atoms with E-state index in [1.54, 1.807) is 11.1 Å². The van der Waals surface area contributed by atoms with Crippen molar-refractivity contribution in [1.82, 2.24) is 19.3 Å². The minimum absolute atomic E-state index is 0.0593. The second kappa shape index (κ2) is 15.5. The van der Waals surface area contributed by atoms with Gasteiger partial charge in [-0.15, -0.1) is 0 Å². The summed E-state index contributed by atoms with van der Waals surface area (Å²) in [6, 6.07) is 9.37. The van der Waals surface area contributed by atoms with Crippen molar-refractivity contribution in [2.45, 2.75) is 62.9 Å². The van der Waals surface area contributed by atoms with Gasteiger partial charge in [0.05, 0.1) is 53.9 Å². The highest BCUT2D eigenvalue weighted by Gasteiger charge is 2.41. The number of hydrogen-bond donors (Lipinski definition) is 2. The number of aromatic nitrogens is 1. The molecule has 3 aliphatic rings. The number of benzene rings is 2. The quantitative estimate of drug-likeness (QED) is 0.262. The molecule has 2 aliphatic heterocycles. The molecule has 0 radical (unpaired) electrons. The lowest BCUT2D eigenvalue weighted by atomic mass is 9.87. The third-order valence-electron chi connectivity index (χ3n) is 10.5. The van der Waals surface area contributed by atoms with Crippen LogP contribution in [0.3, 0.4) is 0 Å². The van der Waals surface area contributed by atoms with Crippen LogP contribution in [0.2, 0.25) is 5.02 Å². The van der Waals surface area contributed by atoms with E-state index >= 15 is 4.39 Å². The van der Waals surface area contributed by atoms with E-state index in [1.807, 2.05) is 35.9 Å². The number of anilines is 1. The van der Waals surface area contributed by atoms with E-state index < -0.39 is 36.3 Å². The maximum atomic E-state index is 15.5. The van der Waals surface area contributed by atoms with Gasteiger partial charge in [0.1, 0.15) is 5.82 Å². The number of rotatable bonds is 10. The number of amides is 2. The molecule has 0 bridgehead atoms. The molecule has 1 saturated carbocycles. The Labute approximate surface area is 298 Å². The third kappa shape index (κ3) is 8.85. The molecule has 51 heavy (non-hydrogen) atoms. The molecular weight excluding hydrogens is 694 g/mol. The van der Waals surface area contributed by atoms with Gasteiger partial charge < -0.3 is 24.6 Å². The topological polar surface area (TPSA) is 107 Å². The molecule has 1 aromatic heterocycles. The predicted octanol–water partition coefficient (Wildman–Crippen LogP) is 5.58. The number of fused-ring (bicyclic) bond motifs is 1. The van der Waals surface area contributed by atoms with Gasteiger partial charge in [0, 0.05) is 62.9 Å². The van der Waals surface area contributed by atoms with Crippen LogP contribution in [0.25, 0.3) is 10.9 Å². The van der Waals surface area contributed by atoms with Crippen LogP contribution in [0.5, 0.6) is 0 Å². The van der Waals surface area contributed by atoms with Gasteiger partial charge in [-0.1, -0.05) is 29.8 Å². The Morgan fingerprint density at radius 1 is 1.04 bits per heavy atom. The molecule has 3 aromatic rings. The molecule has 1 aliphatic carbocycles. The van der Waals surface area contributed by atoms with Crippen LogP contribution < -0.4 is 5.32 Å². The lowest BCUT2D eigenvalue weighted by Crippen LogP contribution is -2.52. The summed E-state index contributed by atoms with van der Waals surface area (Å²) in [7, 11) is 1.82. The Hall–Kier alpha value is -3.72. The maximum Gasteiger partial charge on any atom is 0.401 e. The first-order valence-electron chi connectivity index (χ1n) is 17.3. The second-order valence-electron chi connectivity index (χ2n) is 13.9. The number of likely N-dealkylation sites (tertiary alicyclic amines) is 1. The van der Waals surface area contributed by atoms with Crippen LogP contribution in [0.4, 0.5) is 23.2 Å². The minimum atomic E-state index is -4.27. The van der Waals surface area contributed by atoms with Crippen molar-refractivity contribution in [2.75, 3.05) is 51.2 Å². The van der Waals surface area contributed by atoms with E-state index in [9.17, 15) is 32.7 Å². The molecule has 2 N–H and O–H groups in total. The lowest BCUT2D eigenvalue weighted by molar-refractivity contribution is -0.150. The van der Waals surface area contributed by atoms with Crippen molar-refractivity contribution < 1.29 is 41.8 Å². The summed E-state index contributed by atoms with van der Waals surface area (Å²) in [6.07, 6.45) is -0.283. The Bertz CT molecular complexity index is 1750. The first kappa shape index (κ1) is 37.1.